The first-order valence-corrected chi connectivity index (χ1v) is 6.10. The first-order chi connectivity index (χ1) is 7.15. The Morgan fingerprint density at radius 1 is 1.47 bits per heavy atom. The summed E-state index contributed by atoms with van der Waals surface area (Å²) in [6.45, 7) is 0. The van der Waals surface area contributed by atoms with Crippen LogP contribution in [-0.2, 0) is 9.59 Å². The molecule has 0 aromatic rings. The fourth-order valence-corrected chi connectivity index (χ4v) is 2.67. The summed E-state index contributed by atoms with van der Waals surface area (Å²) in [6, 6.07) is -0.132. The molecule has 2 aliphatic rings. The molecule has 15 heavy (non-hydrogen) atoms. The molecule has 2 fully saturated rings. The molecule has 2 atom stereocenters. The zero-order chi connectivity index (χ0) is 10.8. The van der Waals surface area contributed by atoms with E-state index < -0.39 is 12.0 Å². The van der Waals surface area contributed by atoms with Crippen molar-refractivity contribution < 1.29 is 14.7 Å². The van der Waals surface area contributed by atoms with Gasteiger partial charge in [-0.15, -0.1) is 11.8 Å². The van der Waals surface area contributed by atoms with Crippen molar-refractivity contribution in [2.75, 3.05) is 5.75 Å². The third-order valence-corrected chi connectivity index (χ3v) is 3.69. The number of carbonyl (C=O) groups is 2. The molecule has 1 heterocycles. The molecule has 0 radical (unpaired) electrons. The van der Waals surface area contributed by atoms with Gasteiger partial charge in [0.05, 0.1) is 11.8 Å². The molecule has 1 amide bonds. The first kappa shape index (κ1) is 10.8. The molecule has 0 spiro atoms. The van der Waals surface area contributed by atoms with Gasteiger partial charge in [-0.25, -0.2) is 0 Å². The Balaban J connectivity index is 1.71. The highest BCUT2D eigenvalue weighted by Gasteiger charge is 2.31. The van der Waals surface area contributed by atoms with Crippen molar-refractivity contribution in [3.63, 3.8) is 0 Å². The van der Waals surface area contributed by atoms with Crippen LogP contribution in [0.2, 0.25) is 0 Å². The van der Waals surface area contributed by atoms with Gasteiger partial charge in [-0.1, -0.05) is 0 Å². The number of aliphatic carboxylic acids is 1. The Labute approximate surface area is 92.0 Å². The summed E-state index contributed by atoms with van der Waals surface area (Å²) in [4.78, 5) is 22.1. The molecule has 2 unspecified atom stereocenters. The molecule has 0 bridgehead atoms. The maximum atomic E-state index is 11.4. The molecular weight excluding hydrogens is 216 g/mol. The van der Waals surface area contributed by atoms with Crippen LogP contribution < -0.4 is 10.6 Å². The van der Waals surface area contributed by atoms with E-state index in [1.165, 1.54) is 11.8 Å². The van der Waals surface area contributed by atoms with Crippen LogP contribution in [0.25, 0.3) is 0 Å². The van der Waals surface area contributed by atoms with Crippen molar-refractivity contribution in [2.45, 2.75) is 36.7 Å². The van der Waals surface area contributed by atoms with Crippen molar-refractivity contribution in [1.82, 2.24) is 10.6 Å². The zero-order valence-corrected chi connectivity index (χ0v) is 9.05. The van der Waals surface area contributed by atoms with Gasteiger partial charge in [0.15, 0.2) is 0 Å². The van der Waals surface area contributed by atoms with E-state index in [0.717, 1.165) is 12.8 Å². The molecule has 84 valence electrons. The molecule has 3 N–H and O–H groups in total. The van der Waals surface area contributed by atoms with Crippen LogP contribution in [0.15, 0.2) is 0 Å². The van der Waals surface area contributed by atoms with Gasteiger partial charge in [0.1, 0.15) is 6.04 Å². The molecule has 1 aliphatic carbocycles. The third kappa shape index (κ3) is 3.10. The second-order valence-corrected chi connectivity index (χ2v) is 5.16. The summed E-state index contributed by atoms with van der Waals surface area (Å²) in [7, 11) is 0. The highest BCUT2D eigenvalue weighted by molar-refractivity contribution is 8.00. The summed E-state index contributed by atoms with van der Waals surface area (Å²) in [5, 5.41) is 14.5. The van der Waals surface area contributed by atoms with Crippen LogP contribution in [0.3, 0.4) is 0 Å². The summed E-state index contributed by atoms with van der Waals surface area (Å²) >= 11 is 1.50. The Hall–Kier alpha value is -0.750. The Kier molecular flexibility index (Phi) is 3.16. The Morgan fingerprint density at radius 3 is 2.73 bits per heavy atom. The van der Waals surface area contributed by atoms with E-state index in [1.807, 2.05) is 0 Å². The van der Waals surface area contributed by atoms with E-state index in [-0.39, 0.29) is 11.3 Å². The Bertz CT molecular complexity index is 281. The largest absolute Gasteiger partial charge is 0.480 e. The number of hydrogen-bond acceptors (Lipinski definition) is 4. The summed E-state index contributed by atoms with van der Waals surface area (Å²) in [6.07, 6.45) is 2.52. The number of amides is 1. The van der Waals surface area contributed by atoms with Crippen molar-refractivity contribution in [3.05, 3.63) is 0 Å². The maximum Gasteiger partial charge on any atom is 0.321 e. The normalized spacial score (nSPS) is 30.1. The first-order valence-electron chi connectivity index (χ1n) is 5.05. The predicted octanol–water partition coefficient (Wildman–Crippen LogP) is -0.229. The van der Waals surface area contributed by atoms with Gasteiger partial charge >= 0.3 is 5.97 Å². The van der Waals surface area contributed by atoms with E-state index in [4.69, 9.17) is 5.11 Å². The average molecular weight is 230 g/mol. The van der Waals surface area contributed by atoms with Gasteiger partial charge in [-0.3, -0.25) is 14.9 Å². The van der Waals surface area contributed by atoms with Crippen LogP contribution in [0.4, 0.5) is 0 Å². The minimum absolute atomic E-state index is 0.0218. The number of rotatable bonds is 4. The fourth-order valence-electron chi connectivity index (χ4n) is 1.48. The van der Waals surface area contributed by atoms with Crippen molar-refractivity contribution >= 4 is 23.6 Å². The second kappa shape index (κ2) is 4.40. The Morgan fingerprint density at radius 2 is 2.20 bits per heavy atom. The SMILES string of the molecule is O=C(CC1NC(C(=O)O)CS1)NC1CC1. The van der Waals surface area contributed by atoms with Gasteiger partial charge in [0.25, 0.3) is 0 Å². The van der Waals surface area contributed by atoms with Gasteiger partial charge in [0.2, 0.25) is 5.91 Å². The molecule has 1 saturated heterocycles. The number of carboxylic acid groups (broad SMARTS) is 1. The average Bonchev–Trinajstić information content (AvgIpc) is 2.82. The predicted molar refractivity (Wildman–Crippen MR) is 56.6 cm³/mol. The molecule has 6 heteroatoms. The lowest BCUT2D eigenvalue weighted by Gasteiger charge is -2.10. The second-order valence-electron chi connectivity index (χ2n) is 3.93. The quantitative estimate of drug-likeness (QED) is 0.622. The highest BCUT2D eigenvalue weighted by Crippen LogP contribution is 2.23. The molecular formula is C9H14N2O3S. The molecule has 1 saturated carbocycles. The molecule has 0 aromatic heterocycles. The van der Waals surface area contributed by atoms with E-state index in [2.05, 4.69) is 10.6 Å². The van der Waals surface area contributed by atoms with Crippen molar-refractivity contribution in [3.8, 4) is 0 Å². The molecule has 5 nitrogen and oxygen atoms in total. The van der Waals surface area contributed by atoms with Gasteiger partial charge in [-0.2, -0.15) is 0 Å². The van der Waals surface area contributed by atoms with Crippen LogP contribution in [0.1, 0.15) is 19.3 Å². The lowest BCUT2D eigenvalue weighted by atomic mass is 10.3. The van der Waals surface area contributed by atoms with Crippen LogP contribution in [0, 0.1) is 0 Å². The standard InChI is InChI=1S/C9H14N2O3S/c12-7(10-5-1-2-5)3-8-11-6(4-15-8)9(13)14/h5-6,8,11H,1-4H2,(H,10,12)(H,13,14). The minimum atomic E-state index is -0.840. The summed E-state index contributed by atoms with van der Waals surface area (Å²) < 4.78 is 0. The maximum absolute atomic E-state index is 11.4. The summed E-state index contributed by atoms with van der Waals surface area (Å²) in [5.41, 5.74) is 0. The summed E-state index contributed by atoms with van der Waals surface area (Å²) in [5.74, 6) is -0.280. The van der Waals surface area contributed by atoms with Crippen LogP contribution >= 0.6 is 11.8 Å². The smallest absolute Gasteiger partial charge is 0.321 e. The van der Waals surface area contributed by atoms with E-state index in [0.29, 0.717) is 18.2 Å². The number of nitrogens with one attached hydrogen (secondary N) is 2. The van der Waals surface area contributed by atoms with Gasteiger partial charge < -0.3 is 10.4 Å². The van der Waals surface area contributed by atoms with E-state index >= 15 is 0 Å². The molecule has 1 aliphatic heterocycles. The topological polar surface area (TPSA) is 78.4 Å². The monoisotopic (exact) mass is 230 g/mol. The van der Waals surface area contributed by atoms with Crippen LogP contribution in [-0.4, -0.2) is 40.2 Å². The highest BCUT2D eigenvalue weighted by atomic mass is 32.2. The van der Waals surface area contributed by atoms with Crippen molar-refractivity contribution in [1.29, 1.82) is 0 Å². The van der Waals surface area contributed by atoms with Crippen LogP contribution in [0.5, 0.6) is 0 Å². The lowest BCUT2D eigenvalue weighted by molar-refractivity contribution is -0.138. The number of carboxylic acids is 1. The van der Waals surface area contributed by atoms with Crippen molar-refractivity contribution in [2.24, 2.45) is 0 Å². The number of hydrogen-bond donors (Lipinski definition) is 3. The van der Waals surface area contributed by atoms with Gasteiger partial charge in [-0.05, 0) is 12.8 Å². The van der Waals surface area contributed by atoms with Gasteiger partial charge in [0, 0.05) is 11.8 Å². The molecule has 0 aromatic carbocycles. The van der Waals surface area contributed by atoms with E-state index in [1.54, 1.807) is 0 Å². The lowest BCUT2D eigenvalue weighted by Crippen LogP contribution is -2.39. The molecule has 2 rings (SSSR count). The fraction of sp³-hybridized carbons (Fsp3) is 0.778. The minimum Gasteiger partial charge on any atom is -0.480 e. The third-order valence-electron chi connectivity index (χ3n) is 2.46. The number of thioether (sulfide) groups is 1. The van der Waals surface area contributed by atoms with E-state index in [9.17, 15) is 9.59 Å². The number of carbonyl (C=O) groups excluding carboxylic acids is 1. The zero-order valence-electron chi connectivity index (χ0n) is 8.23.